The molecule has 0 aliphatic heterocycles. The summed E-state index contributed by atoms with van der Waals surface area (Å²) < 4.78 is 11.9. The maximum absolute atomic E-state index is 11.1. The Hall–Kier alpha value is -1.72. The summed E-state index contributed by atoms with van der Waals surface area (Å²) in [6.07, 6.45) is 0. The van der Waals surface area contributed by atoms with Gasteiger partial charge < -0.3 is 14.6 Å². The predicted molar refractivity (Wildman–Crippen MR) is 83.5 cm³/mol. The summed E-state index contributed by atoms with van der Waals surface area (Å²) in [5.41, 5.74) is 0.0723. The third-order valence-electron chi connectivity index (χ3n) is 2.60. The first kappa shape index (κ1) is 15.7. The molecule has 2 rings (SSSR count). The van der Waals surface area contributed by atoms with Gasteiger partial charge in [0.15, 0.2) is 0 Å². The van der Waals surface area contributed by atoms with Crippen molar-refractivity contribution in [3.8, 4) is 11.5 Å². The van der Waals surface area contributed by atoms with Crippen LogP contribution in [0.1, 0.15) is 10.4 Å². The number of benzene rings is 2. The molecule has 6 heteroatoms. The molecule has 0 aromatic heterocycles. The standard InChI is InChI=1S/C15H12BrClO4/c16-10-1-4-12(5-2-10)20-7-8-21-14-9-11(17)3-6-13(14)15(18)19/h1-6,9H,7-8H2,(H,18,19). The van der Waals surface area contributed by atoms with Crippen molar-refractivity contribution in [3.63, 3.8) is 0 Å². The molecule has 0 aliphatic rings. The number of ether oxygens (including phenoxy) is 2. The number of rotatable bonds is 6. The van der Waals surface area contributed by atoms with Crippen molar-refractivity contribution in [2.24, 2.45) is 0 Å². The number of hydrogen-bond donors (Lipinski definition) is 1. The highest BCUT2D eigenvalue weighted by Crippen LogP contribution is 2.23. The summed E-state index contributed by atoms with van der Waals surface area (Å²) in [4.78, 5) is 11.1. The summed E-state index contributed by atoms with van der Waals surface area (Å²) in [6.45, 7) is 0.518. The predicted octanol–water partition coefficient (Wildman–Crippen LogP) is 4.26. The first-order valence-corrected chi connectivity index (χ1v) is 7.27. The largest absolute Gasteiger partial charge is 0.490 e. The Labute approximate surface area is 135 Å². The monoisotopic (exact) mass is 370 g/mol. The molecular weight excluding hydrogens is 360 g/mol. The van der Waals surface area contributed by atoms with Gasteiger partial charge in [-0.05, 0) is 42.5 Å². The average molecular weight is 372 g/mol. The maximum atomic E-state index is 11.1. The Kier molecular flexibility index (Phi) is 5.47. The van der Waals surface area contributed by atoms with Gasteiger partial charge >= 0.3 is 5.97 Å². The van der Waals surface area contributed by atoms with E-state index in [-0.39, 0.29) is 17.9 Å². The normalized spacial score (nSPS) is 10.2. The Morgan fingerprint density at radius 2 is 1.76 bits per heavy atom. The molecule has 2 aromatic rings. The quantitative estimate of drug-likeness (QED) is 0.771. The van der Waals surface area contributed by atoms with Crippen LogP contribution in [0.3, 0.4) is 0 Å². The van der Waals surface area contributed by atoms with Crippen LogP contribution in [0.5, 0.6) is 11.5 Å². The van der Waals surface area contributed by atoms with E-state index in [0.717, 1.165) is 4.47 Å². The Morgan fingerprint density at radius 3 is 2.43 bits per heavy atom. The molecule has 0 atom stereocenters. The van der Waals surface area contributed by atoms with E-state index in [1.54, 1.807) is 0 Å². The van der Waals surface area contributed by atoms with E-state index in [1.807, 2.05) is 24.3 Å². The summed E-state index contributed by atoms with van der Waals surface area (Å²) in [5.74, 6) is -0.115. The fraction of sp³-hybridized carbons (Fsp3) is 0.133. The molecule has 0 radical (unpaired) electrons. The van der Waals surface area contributed by atoms with Gasteiger partial charge in [0.25, 0.3) is 0 Å². The fourth-order valence-corrected chi connectivity index (χ4v) is 2.06. The van der Waals surface area contributed by atoms with Crippen molar-refractivity contribution >= 4 is 33.5 Å². The van der Waals surface area contributed by atoms with E-state index in [9.17, 15) is 4.79 Å². The highest BCUT2D eigenvalue weighted by Gasteiger charge is 2.11. The van der Waals surface area contributed by atoms with Gasteiger partial charge in [0, 0.05) is 9.50 Å². The molecule has 2 aromatic carbocycles. The summed E-state index contributed by atoms with van der Waals surface area (Å²) in [5, 5.41) is 9.48. The average Bonchev–Trinajstić information content (AvgIpc) is 2.45. The van der Waals surface area contributed by atoms with E-state index in [0.29, 0.717) is 17.4 Å². The van der Waals surface area contributed by atoms with E-state index >= 15 is 0 Å². The van der Waals surface area contributed by atoms with Crippen molar-refractivity contribution in [1.29, 1.82) is 0 Å². The number of aromatic carboxylic acids is 1. The first-order chi connectivity index (χ1) is 10.1. The third kappa shape index (κ3) is 4.65. The van der Waals surface area contributed by atoms with E-state index < -0.39 is 5.97 Å². The van der Waals surface area contributed by atoms with Crippen LogP contribution in [0.4, 0.5) is 0 Å². The van der Waals surface area contributed by atoms with Crippen LogP contribution < -0.4 is 9.47 Å². The second kappa shape index (κ2) is 7.33. The van der Waals surface area contributed by atoms with Crippen molar-refractivity contribution in [2.75, 3.05) is 13.2 Å². The zero-order valence-corrected chi connectivity index (χ0v) is 13.2. The SMILES string of the molecule is O=C(O)c1ccc(Cl)cc1OCCOc1ccc(Br)cc1. The maximum Gasteiger partial charge on any atom is 0.339 e. The second-order valence-electron chi connectivity index (χ2n) is 4.10. The molecule has 1 N–H and O–H groups in total. The molecule has 0 amide bonds. The Balaban J connectivity index is 1.90. The summed E-state index contributed by atoms with van der Waals surface area (Å²) >= 11 is 9.17. The smallest absolute Gasteiger partial charge is 0.339 e. The highest BCUT2D eigenvalue weighted by atomic mass is 79.9. The van der Waals surface area contributed by atoms with Crippen molar-refractivity contribution < 1.29 is 19.4 Å². The molecule has 0 heterocycles. The van der Waals surface area contributed by atoms with Crippen LogP contribution in [-0.2, 0) is 0 Å². The first-order valence-electron chi connectivity index (χ1n) is 6.10. The van der Waals surface area contributed by atoms with Gasteiger partial charge in [0.05, 0.1) is 0 Å². The van der Waals surface area contributed by atoms with E-state index in [2.05, 4.69) is 15.9 Å². The van der Waals surface area contributed by atoms with Gasteiger partial charge in [0.1, 0.15) is 30.3 Å². The van der Waals surface area contributed by atoms with Crippen LogP contribution in [0.2, 0.25) is 5.02 Å². The molecule has 0 unspecified atom stereocenters. The highest BCUT2D eigenvalue weighted by molar-refractivity contribution is 9.10. The van der Waals surface area contributed by atoms with Crippen LogP contribution in [0.15, 0.2) is 46.9 Å². The van der Waals surface area contributed by atoms with Gasteiger partial charge in [0.2, 0.25) is 0 Å². The number of hydrogen-bond acceptors (Lipinski definition) is 3. The summed E-state index contributed by atoms with van der Waals surface area (Å²) in [7, 11) is 0. The molecule has 0 saturated carbocycles. The number of halogens is 2. The lowest BCUT2D eigenvalue weighted by molar-refractivity contribution is 0.0691. The minimum Gasteiger partial charge on any atom is -0.490 e. The molecular formula is C15H12BrClO4. The topological polar surface area (TPSA) is 55.8 Å². The second-order valence-corrected chi connectivity index (χ2v) is 5.45. The summed E-state index contributed by atoms with van der Waals surface area (Å²) in [6, 6.07) is 11.8. The molecule has 0 aliphatic carbocycles. The van der Waals surface area contributed by atoms with Crippen LogP contribution >= 0.6 is 27.5 Å². The molecule has 0 fully saturated rings. The lowest BCUT2D eigenvalue weighted by atomic mass is 10.2. The van der Waals surface area contributed by atoms with Crippen molar-refractivity contribution in [3.05, 3.63) is 57.5 Å². The van der Waals surface area contributed by atoms with Gasteiger partial charge in [-0.25, -0.2) is 4.79 Å². The minimum absolute atomic E-state index is 0.0723. The van der Waals surface area contributed by atoms with Crippen molar-refractivity contribution in [1.82, 2.24) is 0 Å². The fourth-order valence-electron chi connectivity index (χ4n) is 1.63. The van der Waals surface area contributed by atoms with Crippen LogP contribution in [0.25, 0.3) is 0 Å². The van der Waals surface area contributed by atoms with Crippen LogP contribution in [-0.4, -0.2) is 24.3 Å². The van der Waals surface area contributed by atoms with E-state index in [1.165, 1.54) is 18.2 Å². The van der Waals surface area contributed by atoms with Gasteiger partial charge in [-0.15, -0.1) is 0 Å². The van der Waals surface area contributed by atoms with Gasteiger partial charge in [-0.1, -0.05) is 27.5 Å². The molecule has 0 bridgehead atoms. The molecule has 110 valence electrons. The van der Waals surface area contributed by atoms with E-state index in [4.69, 9.17) is 26.2 Å². The zero-order chi connectivity index (χ0) is 15.2. The Bertz CT molecular complexity index is 628. The molecule has 21 heavy (non-hydrogen) atoms. The minimum atomic E-state index is -1.06. The number of carboxylic acid groups (broad SMARTS) is 1. The molecule has 0 spiro atoms. The van der Waals surface area contributed by atoms with Gasteiger partial charge in [-0.2, -0.15) is 0 Å². The number of carbonyl (C=O) groups is 1. The van der Waals surface area contributed by atoms with Crippen LogP contribution in [0, 0.1) is 0 Å². The van der Waals surface area contributed by atoms with Gasteiger partial charge in [-0.3, -0.25) is 0 Å². The molecule has 0 saturated heterocycles. The lowest BCUT2D eigenvalue weighted by Crippen LogP contribution is -2.11. The zero-order valence-electron chi connectivity index (χ0n) is 10.9. The molecule has 4 nitrogen and oxygen atoms in total. The number of carboxylic acids is 1. The third-order valence-corrected chi connectivity index (χ3v) is 3.36. The Morgan fingerprint density at radius 1 is 1.10 bits per heavy atom. The van der Waals surface area contributed by atoms with Crippen molar-refractivity contribution in [2.45, 2.75) is 0 Å². The lowest BCUT2D eigenvalue weighted by Gasteiger charge is -2.10.